The first kappa shape index (κ1) is 21.0. The Balaban J connectivity index is 1.59. The molecule has 0 aliphatic carbocycles. The van der Waals surface area contributed by atoms with Crippen LogP contribution >= 0.6 is 11.6 Å². The molecule has 10 heteroatoms. The molecule has 0 radical (unpaired) electrons. The molecule has 0 saturated carbocycles. The van der Waals surface area contributed by atoms with E-state index in [-0.39, 0.29) is 34.0 Å². The minimum atomic E-state index is -4.51. The Kier molecular flexibility index (Phi) is 6.36. The molecule has 1 saturated heterocycles. The zero-order valence-corrected chi connectivity index (χ0v) is 15.9. The summed E-state index contributed by atoms with van der Waals surface area (Å²) in [4.78, 5) is 26.5. The number of furan rings is 1. The number of benzene rings is 1. The first-order valence-electron chi connectivity index (χ1n) is 8.85. The van der Waals surface area contributed by atoms with Crippen molar-refractivity contribution >= 4 is 29.1 Å². The molecule has 3 rings (SSSR count). The van der Waals surface area contributed by atoms with Gasteiger partial charge in [-0.05, 0) is 43.2 Å². The average molecular weight is 431 g/mol. The van der Waals surface area contributed by atoms with Crippen LogP contribution in [0, 0.1) is 5.92 Å². The van der Waals surface area contributed by atoms with Crippen molar-refractivity contribution in [3.05, 3.63) is 47.4 Å². The van der Waals surface area contributed by atoms with E-state index in [1.165, 1.54) is 24.5 Å². The molecule has 0 unspecified atom stereocenters. The number of ether oxygens (including phenoxy) is 1. The summed E-state index contributed by atoms with van der Waals surface area (Å²) < 4.78 is 47.2. The predicted octanol–water partition coefficient (Wildman–Crippen LogP) is 4.37. The minimum Gasteiger partial charge on any atom is -0.482 e. The van der Waals surface area contributed by atoms with E-state index >= 15 is 0 Å². The second-order valence-electron chi connectivity index (χ2n) is 6.58. The van der Waals surface area contributed by atoms with Crippen LogP contribution in [0.15, 0.2) is 41.0 Å². The minimum absolute atomic E-state index is 0.0702. The molecule has 1 fully saturated rings. The van der Waals surface area contributed by atoms with E-state index in [1.807, 2.05) is 0 Å². The molecule has 2 heterocycles. The molecule has 1 aliphatic heterocycles. The van der Waals surface area contributed by atoms with Crippen molar-refractivity contribution in [1.82, 2.24) is 4.90 Å². The number of hydrogen-bond donors (Lipinski definition) is 1. The van der Waals surface area contributed by atoms with Gasteiger partial charge in [-0.25, -0.2) is 0 Å². The summed E-state index contributed by atoms with van der Waals surface area (Å²) in [7, 11) is 0. The Hall–Kier alpha value is -2.68. The first-order chi connectivity index (χ1) is 13.7. The van der Waals surface area contributed by atoms with E-state index in [4.69, 9.17) is 20.8 Å². The Bertz CT molecular complexity index is 863. The largest absolute Gasteiger partial charge is 0.482 e. The summed E-state index contributed by atoms with van der Waals surface area (Å²) in [6.45, 7) is -0.750. The molecule has 0 atom stereocenters. The summed E-state index contributed by atoms with van der Waals surface area (Å²) in [5.41, 5.74) is 0.0702. The number of nitrogens with one attached hydrogen (secondary N) is 1. The quantitative estimate of drug-likeness (QED) is 0.764. The highest BCUT2D eigenvalue weighted by atomic mass is 35.5. The SMILES string of the molecule is O=C(Nc1cc(Cl)ccc1OCC(F)(F)F)C1CCN(C(=O)c2ccco2)CC1. The van der Waals surface area contributed by atoms with Crippen molar-refractivity contribution in [2.45, 2.75) is 19.0 Å². The molecule has 2 amide bonds. The van der Waals surface area contributed by atoms with Gasteiger partial charge in [-0.3, -0.25) is 9.59 Å². The predicted molar refractivity (Wildman–Crippen MR) is 99.0 cm³/mol. The summed E-state index contributed by atoms with van der Waals surface area (Å²) in [6, 6.07) is 7.18. The van der Waals surface area contributed by atoms with E-state index in [9.17, 15) is 22.8 Å². The molecule has 0 bridgehead atoms. The molecular weight excluding hydrogens is 413 g/mol. The number of nitrogens with zero attached hydrogens (tertiary/aromatic N) is 1. The number of rotatable bonds is 5. The van der Waals surface area contributed by atoms with Gasteiger partial charge < -0.3 is 19.4 Å². The normalized spacial score (nSPS) is 15.2. The van der Waals surface area contributed by atoms with Crippen molar-refractivity contribution in [2.75, 3.05) is 25.0 Å². The second kappa shape index (κ2) is 8.77. The maximum Gasteiger partial charge on any atom is 0.422 e. The highest BCUT2D eigenvalue weighted by molar-refractivity contribution is 6.31. The third kappa shape index (κ3) is 5.66. The van der Waals surface area contributed by atoms with Gasteiger partial charge >= 0.3 is 6.18 Å². The van der Waals surface area contributed by atoms with Crippen molar-refractivity contribution in [3.8, 4) is 5.75 Å². The lowest BCUT2D eigenvalue weighted by Gasteiger charge is -2.30. The smallest absolute Gasteiger partial charge is 0.422 e. The van der Waals surface area contributed by atoms with Crippen LogP contribution in [0.5, 0.6) is 5.75 Å². The summed E-state index contributed by atoms with van der Waals surface area (Å²) in [6.07, 6.45) is -2.26. The van der Waals surface area contributed by atoms with Gasteiger partial charge in [0.1, 0.15) is 5.75 Å². The summed E-state index contributed by atoms with van der Waals surface area (Å²) in [5.74, 6) is -0.894. The average Bonchev–Trinajstić information content (AvgIpc) is 3.21. The van der Waals surface area contributed by atoms with Crippen LogP contribution in [0.4, 0.5) is 18.9 Å². The van der Waals surface area contributed by atoms with Crippen LogP contribution in [0.2, 0.25) is 5.02 Å². The number of halogens is 4. The maximum atomic E-state index is 12.6. The lowest BCUT2D eigenvalue weighted by Crippen LogP contribution is -2.41. The van der Waals surface area contributed by atoms with Crippen molar-refractivity contribution < 1.29 is 31.9 Å². The molecule has 1 aliphatic rings. The fraction of sp³-hybridized carbons (Fsp3) is 0.368. The van der Waals surface area contributed by atoms with Crippen LogP contribution in [0.25, 0.3) is 0 Å². The Morgan fingerprint density at radius 1 is 1.24 bits per heavy atom. The third-order valence-electron chi connectivity index (χ3n) is 4.48. The van der Waals surface area contributed by atoms with Gasteiger partial charge in [0, 0.05) is 24.0 Å². The van der Waals surface area contributed by atoms with Gasteiger partial charge in [0.2, 0.25) is 5.91 Å². The van der Waals surface area contributed by atoms with E-state index in [1.54, 1.807) is 17.0 Å². The Labute approximate surface area is 169 Å². The van der Waals surface area contributed by atoms with Gasteiger partial charge in [0.25, 0.3) is 5.91 Å². The number of likely N-dealkylation sites (tertiary alicyclic amines) is 1. The number of piperidine rings is 1. The molecule has 1 aromatic carbocycles. The third-order valence-corrected chi connectivity index (χ3v) is 4.71. The number of carbonyl (C=O) groups excluding carboxylic acids is 2. The van der Waals surface area contributed by atoms with Crippen LogP contribution < -0.4 is 10.1 Å². The molecule has 156 valence electrons. The summed E-state index contributed by atoms with van der Waals surface area (Å²) in [5, 5.41) is 2.84. The van der Waals surface area contributed by atoms with Gasteiger partial charge in [0.05, 0.1) is 12.0 Å². The van der Waals surface area contributed by atoms with E-state index < -0.39 is 18.7 Å². The van der Waals surface area contributed by atoms with Gasteiger partial charge in [-0.2, -0.15) is 13.2 Å². The van der Waals surface area contributed by atoms with E-state index in [0.717, 1.165) is 0 Å². The number of anilines is 1. The Morgan fingerprint density at radius 2 is 1.97 bits per heavy atom. The lowest BCUT2D eigenvalue weighted by atomic mass is 9.95. The number of amides is 2. The zero-order chi connectivity index (χ0) is 21.0. The fourth-order valence-electron chi connectivity index (χ4n) is 3.02. The highest BCUT2D eigenvalue weighted by Gasteiger charge is 2.31. The molecule has 0 spiro atoms. The van der Waals surface area contributed by atoms with Gasteiger partial charge in [-0.15, -0.1) is 0 Å². The zero-order valence-electron chi connectivity index (χ0n) is 15.2. The molecule has 29 heavy (non-hydrogen) atoms. The topological polar surface area (TPSA) is 71.8 Å². The van der Waals surface area contributed by atoms with Gasteiger partial charge in [0.15, 0.2) is 12.4 Å². The van der Waals surface area contributed by atoms with Crippen molar-refractivity contribution in [3.63, 3.8) is 0 Å². The maximum absolute atomic E-state index is 12.6. The number of alkyl halides is 3. The lowest BCUT2D eigenvalue weighted by molar-refractivity contribution is -0.153. The van der Waals surface area contributed by atoms with Crippen molar-refractivity contribution in [2.24, 2.45) is 5.92 Å². The van der Waals surface area contributed by atoms with E-state index in [0.29, 0.717) is 25.9 Å². The fourth-order valence-corrected chi connectivity index (χ4v) is 3.19. The molecular formula is C19H18ClF3N2O4. The van der Waals surface area contributed by atoms with Gasteiger partial charge in [-0.1, -0.05) is 11.6 Å². The standard InChI is InChI=1S/C19H18ClF3N2O4/c20-13-3-4-15(29-11-19(21,22)23)14(10-13)24-17(26)12-5-7-25(8-6-12)18(27)16-2-1-9-28-16/h1-4,9-10,12H,5-8,11H2,(H,24,26). The van der Waals surface area contributed by atoms with Crippen LogP contribution in [0.1, 0.15) is 23.4 Å². The summed E-state index contributed by atoms with van der Waals surface area (Å²) >= 11 is 5.90. The molecule has 6 nitrogen and oxygen atoms in total. The molecule has 1 N–H and O–H groups in total. The van der Waals surface area contributed by atoms with E-state index in [2.05, 4.69) is 5.32 Å². The number of hydrogen-bond acceptors (Lipinski definition) is 4. The number of carbonyl (C=O) groups is 2. The molecule has 1 aromatic heterocycles. The Morgan fingerprint density at radius 3 is 2.59 bits per heavy atom. The monoisotopic (exact) mass is 430 g/mol. The van der Waals surface area contributed by atoms with Crippen LogP contribution in [-0.4, -0.2) is 42.6 Å². The van der Waals surface area contributed by atoms with Crippen molar-refractivity contribution in [1.29, 1.82) is 0 Å². The highest BCUT2D eigenvalue weighted by Crippen LogP contribution is 2.31. The second-order valence-corrected chi connectivity index (χ2v) is 7.01. The molecule has 2 aromatic rings. The first-order valence-corrected chi connectivity index (χ1v) is 9.23. The van der Waals surface area contributed by atoms with Crippen LogP contribution in [0.3, 0.4) is 0 Å². The van der Waals surface area contributed by atoms with Crippen LogP contribution in [-0.2, 0) is 4.79 Å².